The van der Waals surface area contributed by atoms with Crippen LogP contribution in [0.3, 0.4) is 0 Å². The molecule has 0 aromatic heterocycles. The lowest BCUT2D eigenvalue weighted by Gasteiger charge is -2.19. The van der Waals surface area contributed by atoms with Gasteiger partial charge < -0.3 is 9.64 Å². The number of carbonyl (C=O) groups is 2. The number of rotatable bonds is 5. The summed E-state index contributed by atoms with van der Waals surface area (Å²) in [4.78, 5) is 28.1. The van der Waals surface area contributed by atoms with Crippen molar-refractivity contribution in [3.63, 3.8) is 0 Å². The molecule has 1 fully saturated rings. The fourth-order valence-corrected chi connectivity index (χ4v) is 3.31. The van der Waals surface area contributed by atoms with Gasteiger partial charge in [0.05, 0.1) is 12.8 Å². The first-order valence-electron chi connectivity index (χ1n) is 9.04. The molecule has 2 aromatic rings. The smallest absolute Gasteiger partial charge is 0.325 e. The summed E-state index contributed by atoms with van der Waals surface area (Å²) < 4.78 is 4.78. The summed E-state index contributed by atoms with van der Waals surface area (Å²) in [6, 6.07) is 15.5. The van der Waals surface area contributed by atoms with Gasteiger partial charge in [0.25, 0.3) is 5.91 Å². The van der Waals surface area contributed by atoms with E-state index >= 15 is 0 Å². The number of benzene rings is 2. The minimum atomic E-state index is -0.465. The summed E-state index contributed by atoms with van der Waals surface area (Å²) >= 11 is 5.55. The maximum absolute atomic E-state index is 13.2. The molecule has 0 bridgehead atoms. The van der Waals surface area contributed by atoms with E-state index < -0.39 is 5.97 Å². The number of thiocarbonyl (C=S) groups is 1. The number of ether oxygens (including phenoxy) is 1. The maximum Gasteiger partial charge on any atom is 0.325 e. The number of carbonyl (C=O) groups excluding carboxylic acids is 2. The van der Waals surface area contributed by atoms with Crippen LogP contribution in [0.5, 0.6) is 0 Å². The quantitative estimate of drug-likeness (QED) is 0.440. The predicted octanol–water partition coefficient (Wildman–Crippen LogP) is 3.71. The zero-order valence-electron chi connectivity index (χ0n) is 16.1. The molecule has 2 aromatic carbocycles. The molecule has 1 aliphatic rings. The molecule has 5 nitrogen and oxygen atoms in total. The van der Waals surface area contributed by atoms with Crippen LogP contribution in [0.15, 0.2) is 54.2 Å². The molecule has 0 radical (unpaired) electrons. The number of anilines is 1. The molecule has 28 heavy (non-hydrogen) atoms. The molecule has 1 saturated heterocycles. The van der Waals surface area contributed by atoms with Crippen molar-refractivity contribution in [1.29, 1.82) is 0 Å². The van der Waals surface area contributed by atoms with E-state index in [0.29, 0.717) is 11.4 Å². The van der Waals surface area contributed by atoms with Gasteiger partial charge in [-0.1, -0.05) is 48.9 Å². The van der Waals surface area contributed by atoms with Crippen molar-refractivity contribution in [3.8, 4) is 0 Å². The fourth-order valence-electron chi connectivity index (χ4n) is 2.96. The highest BCUT2D eigenvalue weighted by Crippen LogP contribution is 2.29. The highest BCUT2D eigenvalue weighted by atomic mass is 32.1. The minimum Gasteiger partial charge on any atom is -0.468 e. The number of methoxy groups -OCH3 is 1. The van der Waals surface area contributed by atoms with Crippen LogP contribution in [0.4, 0.5) is 5.69 Å². The standard InChI is InChI=1S/C22H22N2O3S/c1-4-16-9-11-18(12-10-16)24-21(26)19(13-17-7-5-15(2)6-8-17)23(22(24)28)14-20(25)27-3/h5-13H,4,14H2,1-3H3. The Morgan fingerprint density at radius 2 is 1.75 bits per heavy atom. The predicted molar refractivity (Wildman–Crippen MR) is 114 cm³/mol. The third kappa shape index (κ3) is 3.97. The topological polar surface area (TPSA) is 49.9 Å². The van der Waals surface area contributed by atoms with Crippen LogP contribution in [-0.4, -0.2) is 35.5 Å². The van der Waals surface area contributed by atoms with Crippen LogP contribution in [0, 0.1) is 6.92 Å². The Balaban J connectivity index is 2.01. The Morgan fingerprint density at radius 3 is 2.32 bits per heavy atom. The van der Waals surface area contributed by atoms with E-state index in [2.05, 4.69) is 6.92 Å². The van der Waals surface area contributed by atoms with Gasteiger partial charge in [-0.2, -0.15) is 0 Å². The molecule has 0 N–H and O–H groups in total. The van der Waals surface area contributed by atoms with Crippen molar-refractivity contribution in [2.45, 2.75) is 20.3 Å². The molecule has 0 atom stereocenters. The van der Waals surface area contributed by atoms with Gasteiger partial charge in [0, 0.05) is 0 Å². The highest BCUT2D eigenvalue weighted by Gasteiger charge is 2.40. The lowest BCUT2D eigenvalue weighted by molar-refractivity contribution is -0.140. The van der Waals surface area contributed by atoms with E-state index in [-0.39, 0.29) is 17.6 Å². The number of esters is 1. The first kappa shape index (κ1) is 19.8. The number of nitrogens with zero attached hydrogens (tertiary/aromatic N) is 2. The van der Waals surface area contributed by atoms with Crippen LogP contribution in [-0.2, 0) is 20.7 Å². The second-order valence-corrected chi connectivity index (χ2v) is 6.91. The van der Waals surface area contributed by atoms with Gasteiger partial charge in [0.2, 0.25) is 0 Å². The average Bonchev–Trinajstić information content (AvgIpc) is 2.93. The summed E-state index contributed by atoms with van der Waals surface area (Å²) in [7, 11) is 1.31. The lowest BCUT2D eigenvalue weighted by Crippen LogP contribution is -2.35. The number of hydrogen-bond acceptors (Lipinski definition) is 4. The van der Waals surface area contributed by atoms with Crippen molar-refractivity contribution in [2.24, 2.45) is 0 Å². The Kier molecular flexibility index (Phi) is 5.90. The van der Waals surface area contributed by atoms with Gasteiger partial charge in [-0.05, 0) is 54.9 Å². The third-order valence-electron chi connectivity index (χ3n) is 4.63. The fraction of sp³-hybridized carbons (Fsp3) is 0.227. The van der Waals surface area contributed by atoms with Crippen LogP contribution < -0.4 is 4.90 Å². The van der Waals surface area contributed by atoms with Gasteiger partial charge in [0.15, 0.2) is 5.11 Å². The van der Waals surface area contributed by atoms with Crippen LogP contribution in [0.25, 0.3) is 6.08 Å². The Hall–Kier alpha value is -2.99. The van der Waals surface area contributed by atoms with Gasteiger partial charge in [-0.25, -0.2) is 0 Å². The number of amides is 1. The monoisotopic (exact) mass is 394 g/mol. The van der Waals surface area contributed by atoms with Crippen molar-refractivity contribution in [1.82, 2.24) is 4.90 Å². The molecule has 144 valence electrons. The molecule has 1 heterocycles. The minimum absolute atomic E-state index is 0.123. The van der Waals surface area contributed by atoms with Gasteiger partial charge in [-0.3, -0.25) is 14.5 Å². The van der Waals surface area contributed by atoms with E-state index in [4.69, 9.17) is 17.0 Å². The summed E-state index contributed by atoms with van der Waals surface area (Å²) in [5.74, 6) is -0.730. The summed E-state index contributed by atoms with van der Waals surface area (Å²) in [5.41, 5.74) is 4.17. The Bertz CT molecular complexity index is 933. The van der Waals surface area contributed by atoms with Crippen LogP contribution >= 0.6 is 12.2 Å². The number of aryl methyl sites for hydroxylation is 2. The molecule has 0 unspecified atom stereocenters. The first-order valence-corrected chi connectivity index (χ1v) is 9.45. The molecule has 0 aliphatic carbocycles. The van der Waals surface area contributed by atoms with Crippen molar-refractivity contribution in [2.75, 3.05) is 18.6 Å². The van der Waals surface area contributed by atoms with E-state index in [1.807, 2.05) is 55.5 Å². The molecule has 3 rings (SSSR count). The Morgan fingerprint density at radius 1 is 1.11 bits per heavy atom. The summed E-state index contributed by atoms with van der Waals surface area (Å²) in [5, 5.41) is 0.262. The molecule has 1 amide bonds. The molecule has 1 aliphatic heterocycles. The molecular weight excluding hydrogens is 372 g/mol. The normalized spacial score (nSPS) is 15.5. The third-order valence-corrected chi connectivity index (χ3v) is 5.04. The van der Waals surface area contributed by atoms with E-state index in [1.54, 1.807) is 6.08 Å². The molecule has 0 saturated carbocycles. The maximum atomic E-state index is 13.2. The first-order chi connectivity index (χ1) is 13.4. The largest absolute Gasteiger partial charge is 0.468 e. The van der Waals surface area contributed by atoms with Crippen LogP contribution in [0.2, 0.25) is 0 Å². The molecule has 0 spiro atoms. The van der Waals surface area contributed by atoms with E-state index in [0.717, 1.165) is 17.5 Å². The average molecular weight is 394 g/mol. The Labute approximate surface area is 170 Å². The molecule has 6 heteroatoms. The van der Waals surface area contributed by atoms with Gasteiger partial charge >= 0.3 is 5.97 Å². The zero-order chi connectivity index (χ0) is 20.3. The second-order valence-electron chi connectivity index (χ2n) is 6.55. The van der Waals surface area contributed by atoms with Crippen LogP contribution in [0.1, 0.15) is 23.6 Å². The van der Waals surface area contributed by atoms with Crippen molar-refractivity contribution >= 4 is 41.0 Å². The molecular formula is C22H22N2O3S. The summed E-state index contributed by atoms with van der Waals surface area (Å²) in [6.45, 7) is 3.95. The van der Waals surface area contributed by atoms with Gasteiger partial charge in [0.1, 0.15) is 12.2 Å². The van der Waals surface area contributed by atoms with E-state index in [1.165, 1.54) is 22.5 Å². The zero-order valence-corrected chi connectivity index (χ0v) is 17.0. The number of hydrogen-bond donors (Lipinski definition) is 0. The SMILES string of the molecule is CCc1ccc(N2C(=O)C(=Cc3ccc(C)cc3)N(CC(=O)OC)C2=S)cc1. The highest BCUT2D eigenvalue weighted by molar-refractivity contribution is 7.80. The van der Waals surface area contributed by atoms with E-state index in [9.17, 15) is 9.59 Å². The van der Waals surface area contributed by atoms with Crippen molar-refractivity contribution < 1.29 is 14.3 Å². The van der Waals surface area contributed by atoms with Gasteiger partial charge in [-0.15, -0.1) is 0 Å². The lowest BCUT2D eigenvalue weighted by atomic mass is 10.1. The second kappa shape index (κ2) is 8.35. The van der Waals surface area contributed by atoms with Crippen molar-refractivity contribution in [3.05, 3.63) is 70.9 Å². The summed E-state index contributed by atoms with van der Waals surface area (Å²) in [6.07, 6.45) is 2.66.